The second-order valence-corrected chi connectivity index (χ2v) is 8.98. The largest absolute Gasteiger partial charge is 0.416 e. The molecular weight excluding hydrogens is 379 g/mol. The molecule has 29 heavy (non-hydrogen) atoms. The first-order valence-corrected chi connectivity index (χ1v) is 10.5. The number of fused-ring (bicyclic) bond motifs is 1. The predicted molar refractivity (Wildman–Crippen MR) is 107 cm³/mol. The molecule has 4 nitrogen and oxygen atoms in total. The predicted octanol–water partition coefficient (Wildman–Crippen LogP) is 3.67. The molecule has 2 aliphatic rings. The summed E-state index contributed by atoms with van der Waals surface area (Å²) in [6, 6.07) is 5.56. The van der Waals surface area contributed by atoms with Gasteiger partial charge in [0.25, 0.3) is 0 Å². The van der Waals surface area contributed by atoms with Crippen LogP contribution >= 0.6 is 0 Å². The van der Waals surface area contributed by atoms with Crippen LogP contribution in [0.4, 0.5) is 13.2 Å². The maximum atomic E-state index is 13.0. The summed E-state index contributed by atoms with van der Waals surface area (Å²) < 4.78 is 38.9. The first-order chi connectivity index (χ1) is 13.7. The number of hydrogen-bond acceptors (Lipinski definition) is 3. The Balaban J connectivity index is 1.58. The van der Waals surface area contributed by atoms with Crippen LogP contribution in [0, 0.1) is 17.8 Å². The molecule has 4 atom stereocenters. The average molecular weight is 412 g/mol. The molecule has 0 spiro atoms. The van der Waals surface area contributed by atoms with Crippen molar-refractivity contribution in [1.82, 2.24) is 15.5 Å². The van der Waals surface area contributed by atoms with Gasteiger partial charge in [0.1, 0.15) is 0 Å². The Morgan fingerprint density at radius 3 is 2.66 bits per heavy atom. The van der Waals surface area contributed by atoms with Crippen LogP contribution in [-0.2, 0) is 17.5 Å². The molecule has 1 heterocycles. The number of nitrogens with zero attached hydrogens (tertiary/aromatic N) is 1. The molecule has 2 N–H and O–H groups in total. The van der Waals surface area contributed by atoms with E-state index in [1.54, 1.807) is 6.07 Å². The van der Waals surface area contributed by atoms with E-state index >= 15 is 0 Å². The Morgan fingerprint density at radius 1 is 1.24 bits per heavy atom. The molecule has 162 valence electrons. The van der Waals surface area contributed by atoms with Gasteiger partial charge in [-0.25, -0.2) is 0 Å². The Hall–Kier alpha value is -1.60. The summed E-state index contributed by atoms with van der Waals surface area (Å²) in [5, 5.41) is 6.35. The third kappa shape index (κ3) is 5.51. The summed E-state index contributed by atoms with van der Waals surface area (Å²) in [5.74, 6) is 1.37. The molecule has 0 aromatic heterocycles. The first-order valence-electron chi connectivity index (χ1n) is 10.5. The second-order valence-electron chi connectivity index (χ2n) is 8.98. The lowest BCUT2D eigenvalue weighted by Gasteiger charge is -2.25. The standard InChI is InChI=1S/C22H32F3N3O/c1-14(2)9-20(26-3)21(29)27-19-8-7-16-12-28(13-18(16)19)11-15-5-4-6-17(10-15)22(23,24)25/h4-6,10,14,16,18-20,26H,7-9,11-13H2,1-3H3,(H,27,29)/t16-,18-,19+,20-/m1/s1. The van der Waals surface area contributed by atoms with Crippen LogP contribution in [0.1, 0.15) is 44.2 Å². The summed E-state index contributed by atoms with van der Waals surface area (Å²) in [6.07, 6.45) is -1.47. The van der Waals surface area contributed by atoms with E-state index in [-0.39, 0.29) is 18.0 Å². The van der Waals surface area contributed by atoms with E-state index < -0.39 is 11.7 Å². The van der Waals surface area contributed by atoms with E-state index in [0.717, 1.165) is 38.4 Å². The van der Waals surface area contributed by atoms with Crippen molar-refractivity contribution in [3.05, 3.63) is 35.4 Å². The average Bonchev–Trinajstić information content (AvgIpc) is 3.20. The molecule has 1 saturated carbocycles. The number of carbonyl (C=O) groups is 1. The van der Waals surface area contributed by atoms with E-state index in [4.69, 9.17) is 0 Å². The van der Waals surface area contributed by atoms with Crippen LogP contribution < -0.4 is 10.6 Å². The van der Waals surface area contributed by atoms with Crippen molar-refractivity contribution in [2.75, 3.05) is 20.1 Å². The molecular formula is C22H32F3N3O. The highest BCUT2D eigenvalue weighted by atomic mass is 19.4. The van der Waals surface area contributed by atoms with Crippen molar-refractivity contribution in [1.29, 1.82) is 0 Å². The number of halogens is 3. The second kappa shape index (κ2) is 9.04. The van der Waals surface area contributed by atoms with Crippen molar-refractivity contribution in [2.24, 2.45) is 17.8 Å². The van der Waals surface area contributed by atoms with Gasteiger partial charge in [0.05, 0.1) is 11.6 Å². The van der Waals surface area contributed by atoms with Crippen molar-refractivity contribution in [2.45, 2.75) is 57.9 Å². The van der Waals surface area contributed by atoms with Crippen LogP contribution in [0.3, 0.4) is 0 Å². The van der Waals surface area contributed by atoms with Gasteiger partial charge in [-0.2, -0.15) is 13.2 Å². The fourth-order valence-electron chi connectivity index (χ4n) is 4.88. The van der Waals surface area contributed by atoms with E-state index in [9.17, 15) is 18.0 Å². The topological polar surface area (TPSA) is 44.4 Å². The van der Waals surface area contributed by atoms with Gasteiger partial charge < -0.3 is 10.6 Å². The zero-order chi connectivity index (χ0) is 21.2. The number of amides is 1. The van der Waals surface area contributed by atoms with Crippen molar-refractivity contribution in [3.63, 3.8) is 0 Å². The fraction of sp³-hybridized carbons (Fsp3) is 0.682. The lowest BCUT2D eigenvalue weighted by molar-refractivity contribution is -0.137. The molecule has 2 fully saturated rings. The van der Waals surface area contributed by atoms with Crippen LogP contribution in [0.2, 0.25) is 0 Å². The fourth-order valence-corrected chi connectivity index (χ4v) is 4.88. The van der Waals surface area contributed by atoms with Gasteiger partial charge in [0.15, 0.2) is 0 Å². The first kappa shape index (κ1) is 22.1. The number of carbonyl (C=O) groups excluding carboxylic acids is 1. The monoisotopic (exact) mass is 411 g/mol. The molecule has 0 unspecified atom stereocenters. The number of rotatable bonds is 7. The van der Waals surface area contributed by atoms with E-state index in [1.807, 2.05) is 7.05 Å². The lowest BCUT2D eigenvalue weighted by Crippen LogP contribution is -2.49. The highest BCUT2D eigenvalue weighted by Crippen LogP contribution is 2.39. The quantitative estimate of drug-likeness (QED) is 0.720. The molecule has 7 heteroatoms. The van der Waals surface area contributed by atoms with Crippen molar-refractivity contribution in [3.8, 4) is 0 Å². The molecule has 3 rings (SSSR count). The van der Waals surface area contributed by atoms with Gasteiger partial charge in [-0.05, 0) is 55.7 Å². The van der Waals surface area contributed by atoms with Gasteiger partial charge in [-0.3, -0.25) is 9.69 Å². The summed E-state index contributed by atoms with van der Waals surface area (Å²) in [5.41, 5.74) is 0.0929. The Bertz CT molecular complexity index is 707. The summed E-state index contributed by atoms with van der Waals surface area (Å²) in [6.45, 7) is 6.43. The minimum atomic E-state index is -4.31. The molecule has 1 aromatic carbocycles. The summed E-state index contributed by atoms with van der Waals surface area (Å²) >= 11 is 0. The number of alkyl halides is 3. The highest BCUT2D eigenvalue weighted by Gasteiger charge is 2.43. The molecule has 1 saturated heterocycles. The minimum Gasteiger partial charge on any atom is -0.352 e. The Kier molecular flexibility index (Phi) is 6.89. The van der Waals surface area contributed by atoms with E-state index in [2.05, 4.69) is 29.4 Å². The molecule has 0 radical (unpaired) electrons. The van der Waals surface area contributed by atoms with Gasteiger partial charge >= 0.3 is 6.18 Å². The third-order valence-electron chi connectivity index (χ3n) is 6.29. The zero-order valence-electron chi connectivity index (χ0n) is 17.4. The van der Waals surface area contributed by atoms with Gasteiger partial charge in [-0.15, -0.1) is 0 Å². The molecule has 1 aliphatic carbocycles. The number of nitrogens with one attached hydrogen (secondary N) is 2. The van der Waals surface area contributed by atoms with Gasteiger partial charge in [0.2, 0.25) is 5.91 Å². The highest BCUT2D eigenvalue weighted by molar-refractivity contribution is 5.82. The number of hydrogen-bond donors (Lipinski definition) is 2. The van der Waals surface area contributed by atoms with Crippen molar-refractivity contribution >= 4 is 5.91 Å². The van der Waals surface area contributed by atoms with Crippen molar-refractivity contribution < 1.29 is 18.0 Å². The lowest BCUT2D eigenvalue weighted by atomic mass is 9.97. The Labute approximate surface area is 171 Å². The molecule has 1 aromatic rings. The number of benzene rings is 1. The number of likely N-dealkylation sites (N-methyl/N-ethyl adjacent to an activating group) is 1. The van der Waals surface area contributed by atoms with Crippen LogP contribution in [0.5, 0.6) is 0 Å². The van der Waals surface area contributed by atoms with Crippen LogP contribution in [0.25, 0.3) is 0 Å². The normalized spacial score (nSPS) is 26.0. The SMILES string of the molecule is CN[C@H](CC(C)C)C(=O)N[C@H]1CC[C@@H]2CN(Cc3cccc(C(F)(F)F)c3)C[C@H]21. The van der Waals surface area contributed by atoms with Gasteiger partial charge in [0, 0.05) is 25.7 Å². The van der Waals surface area contributed by atoms with Gasteiger partial charge in [-0.1, -0.05) is 32.0 Å². The van der Waals surface area contributed by atoms with Crippen LogP contribution in [-0.4, -0.2) is 43.0 Å². The van der Waals surface area contributed by atoms with E-state index in [0.29, 0.717) is 29.9 Å². The molecule has 1 aliphatic heterocycles. The third-order valence-corrected chi connectivity index (χ3v) is 6.29. The molecule has 1 amide bonds. The maximum absolute atomic E-state index is 13.0. The smallest absolute Gasteiger partial charge is 0.352 e. The summed E-state index contributed by atoms with van der Waals surface area (Å²) in [7, 11) is 1.82. The zero-order valence-corrected chi connectivity index (χ0v) is 17.4. The minimum absolute atomic E-state index is 0.0585. The Morgan fingerprint density at radius 2 is 2.00 bits per heavy atom. The maximum Gasteiger partial charge on any atom is 0.416 e. The van der Waals surface area contributed by atoms with E-state index in [1.165, 1.54) is 12.1 Å². The van der Waals surface area contributed by atoms with Crippen LogP contribution in [0.15, 0.2) is 24.3 Å². The summed E-state index contributed by atoms with van der Waals surface area (Å²) in [4.78, 5) is 14.9. The number of likely N-dealkylation sites (tertiary alicyclic amines) is 1. The molecule has 0 bridgehead atoms.